The van der Waals surface area contributed by atoms with Crippen LogP contribution in [0.25, 0.3) is 0 Å². The SMILES string of the molecule is O=C1N[C@H]2CN[C@@H]1C2. The molecule has 0 saturated carbocycles. The molecule has 2 bridgehead atoms. The summed E-state index contributed by atoms with van der Waals surface area (Å²) < 4.78 is 0. The van der Waals surface area contributed by atoms with E-state index in [0.717, 1.165) is 13.0 Å². The Labute approximate surface area is 47.4 Å². The van der Waals surface area contributed by atoms with Crippen LogP contribution in [0.15, 0.2) is 0 Å². The number of carbonyl (C=O) groups is 1. The Kier molecular flexibility index (Phi) is 0.663. The van der Waals surface area contributed by atoms with Crippen LogP contribution in [0.1, 0.15) is 6.42 Å². The Morgan fingerprint density at radius 1 is 1.62 bits per heavy atom. The van der Waals surface area contributed by atoms with Crippen LogP contribution in [-0.4, -0.2) is 24.5 Å². The van der Waals surface area contributed by atoms with Crippen molar-refractivity contribution in [3.63, 3.8) is 0 Å². The summed E-state index contributed by atoms with van der Waals surface area (Å²) in [6, 6.07) is 0.576. The van der Waals surface area contributed by atoms with Gasteiger partial charge in [-0.05, 0) is 6.42 Å². The van der Waals surface area contributed by atoms with Crippen LogP contribution < -0.4 is 10.6 Å². The van der Waals surface area contributed by atoms with Gasteiger partial charge < -0.3 is 10.6 Å². The van der Waals surface area contributed by atoms with Gasteiger partial charge in [-0.3, -0.25) is 4.79 Å². The highest BCUT2D eigenvalue weighted by Crippen LogP contribution is 2.13. The van der Waals surface area contributed by atoms with Gasteiger partial charge in [-0.2, -0.15) is 0 Å². The van der Waals surface area contributed by atoms with Crippen molar-refractivity contribution >= 4 is 5.91 Å². The number of fused-ring (bicyclic) bond motifs is 2. The van der Waals surface area contributed by atoms with Crippen LogP contribution in [0.2, 0.25) is 0 Å². The van der Waals surface area contributed by atoms with E-state index in [0.29, 0.717) is 6.04 Å². The number of hydrogen-bond donors (Lipinski definition) is 2. The Morgan fingerprint density at radius 2 is 2.50 bits per heavy atom. The highest BCUT2D eigenvalue weighted by molar-refractivity contribution is 5.85. The van der Waals surface area contributed by atoms with Crippen molar-refractivity contribution in [1.29, 1.82) is 0 Å². The van der Waals surface area contributed by atoms with Gasteiger partial charge in [0.1, 0.15) is 0 Å². The maximum atomic E-state index is 10.7. The minimum atomic E-state index is 0.139. The van der Waals surface area contributed by atoms with Crippen molar-refractivity contribution in [2.75, 3.05) is 6.54 Å². The molecule has 2 N–H and O–H groups in total. The summed E-state index contributed by atoms with van der Waals surface area (Å²) in [6.45, 7) is 0.969. The topological polar surface area (TPSA) is 41.1 Å². The molecule has 2 aliphatic rings. The number of hydrogen-bond acceptors (Lipinski definition) is 2. The highest BCUT2D eigenvalue weighted by atomic mass is 16.2. The van der Waals surface area contributed by atoms with Crippen LogP contribution in [0.4, 0.5) is 0 Å². The molecule has 2 atom stereocenters. The third kappa shape index (κ3) is 0.395. The summed E-state index contributed by atoms with van der Waals surface area (Å²) in [7, 11) is 0. The molecule has 3 heteroatoms. The van der Waals surface area contributed by atoms with Crippen molar-refractivity contribution in [2.45, 2.75) is 18.5 Å². The lowest BCUT2D eigenvalue weighted by Gasteiger charge is -2.10. The number of rotatable bonds is 0. The first-order valence-electron chi connectivity index (χ1n) is 2.90. The van der Waals surface area contributed by atoms with Gasteiger partial charge in [0, 0.05) is 12.6 Å². The molecule has 0 aromatic rings. The monoisotopic (exact) mass is 112 g/mol. The van der Waals surface area contributed by atoms with Gasteiger partial charge in [0.05, 0.1) is 6.04 Å². The lowest BCUT2D eigenvalue weighted by molar-refractivity contribution is -0.121. The Bertz CT molecular complexity index is 134. The van der Waals surface area contributed by atoms with Crippen LogP contribution in [-0.2, 0) is 4.79 Å². The smallest absolute Gasteiger partial charge is 0.237 e. The minimum absolute atomic E-state index is 0.139. The van der Waals surface area contributed by atoms with E-state index in [4.69, 9.17) is 0 Å². The summed E-state index contributed by atoms with van der Waals surface area (Å²) >= 11 is 0. The normalized spacial score (nSPS) is 42.8. The van der Waals surface area contributed by atoms with Crippen LogP contribution in [0.3, 0.4) is 0 Å². The molecule has 0 aliphatic carbocycles. The molecule has 44 valence electrons. The van der Waals surface area contributed by atoms with Gasteiger partial charge in [0.15, 0.2) is 0 Å². The Balaban J connectivity index is 2.22. The van der Waals surface area contributed by atoms with Crippen LogP contribution in [0, 0.1) is 0 Å². The average molecular weight is 112 g/mol. The van der Waals surface area contributed by atoms with E-state index in [9.17, 15) is 4.79 Å². The first-order valence-corrected chi connectivity index (χ1v) is 2.90. The summed E-state index contributed by atoms with van der Waals surface area (Å²) in [6.07, 6.45) is 0.999. The average Bonchev–Trinajstić information content (AvgIpc) is 2.23. The minimum Gasteiger partial charge on any atom is -0.351 e. The number of amides is 1. The van der Waals surface area contributed by atoms with Crippen molar-refractivity contribution in [3.8, 4) is 0 Å². The lowest BCUT2D eigenvalue weighted by atomic mass is 10.2. The van der Waals surface area contributed by atoms with E-state index in [-0.39, 0.29) is 11.9 Å². The van der Waals surface area contributed by atoms with E-state index < -0.39 is 0 Å². The number of carbonyl (C=O) groups excluding carboxylic acids is 1. The highest BCUT2D eigenvalue weighted by Gasteiger charge is 2.37. The summed E-state index contributed by atoms with van der Waals surface area (Å²) in [4.78, 5) is 10.7. The predicted octanol–water partition coefficient (Wildman–Crippen LogP) is -1.15. The van der Waals surface area contributed by atoms with Crippen molar-refractivity contribution < 1.29 is 4.79 Å². The molecule has 2 saturated heterocycles. The van der Waals surface area contributed by atoms with Crippen molar-refractivity contribution in [1.82, 2.24) is 10.6 Å². The van der Waals surface area contributed by atoms with E-state index in [2.05, 4.69) is 10.6 Å². The molecule has 2 heterocycles. The maximum Gasteiger partial charge on any atom is 0.237 e. The fourth-order valence-corrected chi connectivity index (χ4v) is 1.35. The van der Waals surface area contributed by atoms with Gasteiger partial charge in [-0.25, -0.2) is 0 Å². The van der Waals surface area contributed by atoms with Gasteiger partial charge in [0.2, 0.25) is 5.91 Å². The molecule has 0 radical (unpaired) electrons. The van der Waals surface area contributed by atoms with Gasteiger partial charge in [0.25, 0.3) is 0 Å². The van der Waals surface area contributed by atoms with Gasteiger partial charge >= 0.3 is 0 Å². The number of piperazine rings is 1. The molecule has 1 amide bonds. The quantitative estimate of drug-likeness (QED) is 0.415. The third-order valence-corrected chi connectivity index (χ3v) is 1.79. The van der Waals surface area contributed by atoms with Crippen LogP contribution in [0.5, 0.6) is 0 Å². The second-order valence-electron chi connectivity index (χ2n) is 2.40. The molecule has 8 heavy (non-hydrogen) atoms. The standard InChI is InChI=1S/C5H8N2O/c8-5-4-1-3(7-5)2-6-4/h3-4,6H,1-2H2,(H,7,8)/t3-,4-/m1/s1. The fraction of sp³-hybridized carbons (Fsp3) is 0.800. The van der Waals surface area contributed by atoms with Gasteiger partial charge in [-0.1, -0.05) is 0 Å². The molecular weight excluding hydrogens is 104 g/mol. The Morgan fingerprint density at radius 3 is 2.75 bits per heavy atom. The summed E-state index contributed by atoms with van der Waals surface area (Å²) in [5.41, 5.74) is 0. The van der Waals surface area contributed by atoms with E-state index in [1.807, 2.05) is 0 Å². The fourth-order valence-electron chi connectivity index (χ4n) is 1.35. The maximum absolute atomic E-state index is 10.7. The third-order valence-electron chi connectivity index (χ3n) is 1.79. The molecule has 0 aromatic carbocycles. The molecule has 0 spiro atoms. The Hall–Kier alpha value is -0.570. The van der Waals surface area contributed by atoms with E-state index >= 15 is 0 Å². The molecular formula is C5H8N2O. The molecule has 2 rings (SSSR count). The largest absolute Gasteiger partial charge is 0.351 e. The lowest BCUT2D eigenvalue weighted by Crippen LogP contribution is -2.44. The molecule has 0 aromatic heterocycles. The zero-order valence-electron chi connectivity index (χ0n) is 4.48. The van der Waals surface area contributed by atoms with Crippen molar-refractivity contribution in [3.05, 3.63) is 0 Å². The molecule has 0 unspecified atom stereocenters. The second-order valence-corrected chi connectivity index (χ2v) is 2.40. The summed E-state index contributed by atoms with van der Waals surface area (Å²) in [5, 5.41) is 5.95. The van der Waals surface area contributed by atoms with E-state index in [1.54, 1.807) is 0 Å². The summed E-state index contributed by atoms with van der Waals surface area (Å²) in [5.74, 6) is 0.182. The number of nitrogens with one attached hydrogen (secondary N) is 2. The zero-order chi connectivity index (χ0) is 5.56. The van der Waals surface area contributed by atoms with Gasteiger partial charge in [-0.15, -0.1) is 0 Å². The first kappa shape index (κ1) is 4.32. The van der Waals surface area contributed by atoms with E-state index in [1.165, 1.54) is 0 Å². The molecule has 3 nitrogen and oxygen atoms in total. The molecule has 2 fully saturated rings. The predicted molar refractivity (Wildman–Crippen MR) is 28.3 cm³/mol. The second kappa shape index (κ2) is 1.23. The van der Waals surface area contributed by atoms with Crippen molar-refractivity contribution in [2.24, 2.45) is 0 Å². The first-order chi connectivity index (χ1) is 3.86. The molecule has 2 aliphatic heterocycles. The zero-order valence-corrected chi connectivity index (χ0v) is 4.48. The van der Waals surface area contributed by atoms with Crippen LogP contribution >= 0.6 is 0 Å².